The molecule has 0 radical (unpaired) electrons. The van der Waals surface area contributed by atoms with Gasteiger partial charge < -0.3 is 68.3 Å². The number of ether oxygens (including phenoxy) is 6. The lowest BCUT2D eigenvalue weighted by Gasteiger charge is -2.48. The van der Waals surface area contributed by atoms with Crippen LogP contribution in [0.5, 0.6) is 5.75 Å². The third-order valence-electron chi connectivity index (χ3n) is 13.0. The Labute approximate surface area is 392 Å². The molecular weight excluding hydrogens is 889 g/mol. The predicted molar refractivity (Wildman–Crippen MR) is 250 cm³/mol. The number of esters is 1. The number of rotatable bonds is 19. The minimum atomic E-state index is -2.45. The van der Waals surface area contributed by atoms with E-state index < -0.39 is 96.1 Å². The zero-order valence-electron chi connectivity index (χ0n) is 40.9. The number of aliphatic hydroxyl groups is 4. The quantitative estimate of drug-likeness (QED) is 0.0811. The molecule has 0 saturated carbocycles. The van der Waals surface area contributed by atoms with Crippen molar-refractivity contribution in [3.05, 3.63) is 65.7 Å². The van der Waals surface area contributed by atoms with Gasteiger partial charge >= 0.3 is 12.1 Å². The minimum absolute atomic E-state index is 0.0134. The number of aliphatic hydroxyl groups excluding tert-OH is 4. The van der Waals surface area contributed by atoms with Gasteiger partial charge in [-0.3, -0.25) is 4.79 Å². The molecule has 2 heterocycles. The first-order valence-corrected chi connectivity index (χ1v) is 28.5. The van der Waals surface area contributed by atoms with Gasteiger partial charge in [0, 0.05) is 12.8 Å². The molecule has 2 amide bonds. The summed E-state index contributed by atoms with van der Waals surface area (Å²) >= 11 is 0. The molecule has 0 bridgehead atoms. The lowest BCUT2D eigenvalue weighted by atomic mass is 9.95. The van der Waals surface area contributed by atoms with Gasteiger partial charge in [-0.15, -0.1) is 0 Å². The third kappa shape index (κ3) is 15.0. The molecule has 2 aromatic rings. The van der Waals surface area contributed by atoms with Gasteiger partial charge in [0.2, 0.25) is 12.2 Å². The summed E-state index contributed by atoms with van der Waals surface area (Å²) in [5, 5.41) is 51.5. The molecule has 2 aromatic carbocycles. The fourth-order valence-corrected chi connectivity index (χ4v) is 8.80. The van der Waals surface area contributed by atoms with E-state index in [0.717, 1.165) is 5.56 Å². The van der Waals surface area contributed by atoms with Gasteiger partial charge in [-0.05, 0) is 65.4 Å². The molecule has 4 rings (SSSR count). The average Bonchev–Trinajstić information content (AvgIpc) is 3.23. The predicted octanol–water partition coefficient (Wildman–Crippen LogP) is 4.93. The smallest absolute Gasteiger partial charge is 0.408 e. The van der Waals surface area contributed by atoms with E-state index >= 15 is 0 Å². The van der Waals surface area contributed by atoms with Gasteiger partial charge in [0.05, 0.1) is 26.4 Å². The second kappa shape index (κ2) is 23.2. The highest BCUT2D eigenvalue weighted by Crippen LogP contribution is 2.39. The van der Waals surface area contributed by atoms with Crippen LogP contribution in [0.2, 0.25) is 36.3 Å². The molecule has 0 unspecified atom stereocenters. The lowest BCUT2D eigenvalue weighted by Crippen LogP contribution is -2.68. The topological polar surface area (TPSA) is 230 Å². The van der Waals surface area contributed by atoms with Crippen LogP contribution in [0, 0.1) is 5.92 Å². The monoisotopic (exact) mass is 964 g/mol. The Morgan fingerprint density at radius 1 is 0.727 bits per heavy atom. The highest BCUT2D eigenvalue weighted by atomic mass is 28.4. The summed E-state index contributed by atoms with van der Waals surface area (Å²) in [6.45, 7) is 24.3. The Balaban J connectivity index is 1.54. The SMILES string of the molecule is COC(=O)[C@@H](Cc1ccc(O[C@H]2O[C@H](CO[Si](C)(C)C(C)(C)C)[C@@H](O[C@H]3O[C@H](CO[Si](C)(C)C(C)(C)C)[C@@H](NC(=O)CC(C)C)[C@H](O)[C@@H]3O)[C@H](O)[C@@H]2O)cc1)NC(=O)OCc1ccccc1. The van der Waals surface area contributed by atoms with Gasteiger partial charge in [-0.1, -0.05) is 97.9 Å². The van der Waals surface area contributed by atoms with Gasteiger partial charge in [-0.2, -0.15) is 0 Å². The maximum Gasteiger partial charge on any atom is 0.408 e. The van der Waals surface area contributed by atoms with Crippen LogP contribution in [0.25, 0.3) is 0 Å². The Morgan fingerprint density at radius 3 is 1.82 bits per heavy atom. The lowest BCUT2D eigenvalue weighted by molar-refractivity contribution is -0.343. The Kier molecular flexibility index (Phi) is 19.4. The maximum absolute atomic E-state index is 13.0. The summed E-state index contributed by atoms with van der Waals surface area (Å²) in [5.74, 6) is -0.730. The zero-order valence-corrected chi connectivity index (χ0v) is 42.9. The van der Waals surface area contributed by atoms with Crippen LogP contribution in [0.15, 0.2) is 54.6 Å². The number of hydrogen-bond acceptors (Lipinski definition) is 15. The van der Waals surface area contributed by atoms with Crippen LogP contribution < -0.4 is 15.4 Å². The summed E-state index contributed by atoms with van der Waals surface area (Å²) in [6, 6.07) is 13.5. The van der Waals surface area contributed by atoms with Crippen molar-refractivity contribution in [3.63, 3.8) is 0 Å². The molecule has 0 aromatic heterocycles. The average molecular weight is 965 g/mol. The summed E-state index contributed by atoms with van der Waals surface area (Å²) in [5.41, 5.74) is 1.41. The van der Waals surface area contributed by atoms with Crippen LogP contribution in [-0.2, 0) is 55.2 Å². The van der Waals surface area contributed by atoms with Gasteiger partial charge in [0.15, 0.2) is 22.9 Å². The standard InChI is InChI=1S/C47H76N2O15Si2/c1-28(2)23-35(50)49-36-33(26-59-65(10,11)46(3,4)5)62-44(39(53)37(36)51)64-41-34(27-60-66(12,13)47(6,7)8)63-43(40(54)38(41)52)61-31-21-19-29(20-22-31)24-32(42(55)57-9)48-45(56)58-25-30-17-15-14-16-18-30/h14-22,28,32-34,36-41,43-44,51-54H,23-27H2,1-13H3,(H,48,56)(H,49,50)/t32-,33-,34-,36-,37+,38-,39+,40+,41-,43+,44-/m1/s1. The first-order chi connectivity index (χ1) is 30.6. The van der Waals surface area contributed by atoms with Crippen molar-refractivity contribution >= 4 is 34.6 Å². The van der Waals surface area contributed by atoms with E-state index in [4.69, 9.17) is 37.3 Å². The van der Waals surface area contributed by atoms with Crippen LogP contribution in [-0.4, -0.2) is 143 Å². The van der Waals surface area contributed by atoms with Crippen LogP contribution in [0.3, 0.4) is 0 Å². The van der Waals surface area contributed by atoms with E-state index in [-0.39, 0.29) is 60.3 Å². The van der Waals surface area contributed by atoms with Gasteiger partial charge in [-0.25, -0.2) is 9.59 Å². The molecule has 2 aliphatic heterocycles. The van der Waals surface area contributed by atoms with E-state index in [1.165, 1.54) is 7.11 Å². The molecule has 6 N–H and O–H groups in total. The Morgan fingerprint density at radius 2 is 1.27 bits per heavy atom. The molecule has 2 aliphatic rings. The number of amides is 2. The van der Waals surface area contributed by atoms with E-state index in [1.54, 1.807) is 24.3 Å². The first kappa shape index (κ1) is 55.1. The number of carbonyl (C=O) groups is 3. The van der Waals surface area contributed by atoms with Crippen molar-refractivity contribution in [1.82, 2.24) is 10.6 Å². The third-order valence-corrected chi connectivity index (χ3v) is 22.0. The Hall–Kier alpha value is -3.48. The largest absolute Gasteiger partial charge is 0.467 e. The summed E-state index contributed by atoms with van der Waals surface area (Å²) < 4.78 is 48.4. The van der Waals surface area contributed by atoms with Crippen LogP contribution in [0.4, 0.5) is 4.79 Å². The van der Waals surface area contributed by atoms with Crippen molar-refractivity contribution in [2.75, 3.05) is 20.3 Å². The number of alkyl carbamates (subject to hydrolysis) is 1. The van der Waals surface area contributed by atoms with Crippen LogP contribution >= 0.6 is 0 Å². The molecule has 2 saturated heterocycles. The molecule has 66 heavy (non-hydrogen) atoms. The highest BCUT2D eigenvalue weighted by Gasteiger charge is 2.53. The van der Waals surface area contributed by atoms with Gasteiger partial charge in [0.25, 0.3) is 0 Å². The van der Waals surface area contributed by atoms with Crippen molar-refractivity contribution in [1.29, 1.82) is 0 Å². The summed E-state index contributed by atoms with van der Waals surface area (Å²) in [7, 11) is -3.60. The Bertz CT molecular complexity index is 1860. The fourth-order valence-electron chi connectivity index (χ4n) is 6.77. The number of benzene rings is 2. The maximum atomic E-state index is 13.0. The highest BCUT2D eigenvalue weighted by molar-refractivity contribution is 6.74. The molecule has 2 fully saturated rings. The second-order valence-corrected chi connectivity index (χ2v) is 30.3. The number of hydrogen-bond donors (Lipinski definition) is 6. The van der Waals surface area contributed by atoms with Crippen molar-refractivity contribution in [3.8, 4) is 5.75 Å². The molecule has 0 spiro atoms. The first-order valence-electron chi connectivity index (χ1n) is 22.7. The van der Waals surface area contributed by atoms with Crippen LogP contribution in [0.1, 0.15) is 72.9 Å². The molecule has 11 atom stereocenters. The van der Waals surface area contributed by atoms with Crippen molar-refractivity contribution < 1.29 is 72.1 Å². The molecule has 0 aliphatic carbocycles. The summed E-state index contributed by atoms with van der Waals surface area (Å²) in [4.78, 5) is 38.3. The molecule has 17 nitrogen and oxygen atoms in total. The van der Waals surface area contributed by atoms with E-state index in [9.17, 15) is 34.8 Å². The second-order valence-electron chi connectivity index (χ2n) is 20.7. The molecule has 19 heteroatoms. The molecule has 372 valence electrons. The van der Waals surface area contributed by atoms with Crippen molar-refractivity contribution in [2.24, 2.45) is 5.92 Å². The van der Waals surface area contributed by atoms with E-state index in [0.29, 0.717) is 5.56 Å². The van der Waals surface area contributed by atoms with Gasteiger partial charge in [0.1, 0.15) is 61.1 Å². The minimum Gasteiger partial charge on any atom is -0.467 e. The summed E-state index contributed by atoms with van der Waals surface area (Å²) in [6.07, 6.45) is -13.6. The van der Waals surface area contributed by atoms with E-state index in [2.05, 4.69) is 65.3 Å². The zero-order chi connectivity index (χ0) is 49.4. The number of methoxy groups -OCH3 is 1. The number of carbonyl (C=O) groups excluding carboxylic acids is 3. The normalized spacial score (nSPS) is 26.9. The molecular formula is C47H76N2O15Si2. The van der Waals surface area contributed by atoms with Crippen molar-refractivity contribution in [2.45, 2.75) is 178 Å². The number of nitrogens with one attached hydrogen (secondary N) is 2. The fraction of sp³-hybridized carbons (Fsp3) is 0.681. The van der Waals surface area contributed by atoms with E-state index in [1.807, 2.05) is 57.3 Å².